The quantitative estimate of drug-likeness (QED) is 0.804. The molecule has 0 radical (unpaired) electrons. The highest BCUT2D eigenvalue weighted by Crippen LogP contribution is 2.07. The van der Waals surface area contributed by atoms with E-state index in [2.05, 4.69) is 10.4 Å². The lowest BCUT2D eigenvalue weighted by molar-refractivity contribution is -0.134. The smallest absolute Gasteiger partial charge is 0.241 e. The van der Waals surface area contributed by atoms with Gasteiger partial charge in [-0.15, -0.1) is 0 Å². The van der Waals surface area contributed by atoms with Crippen LogP contribution in [0.3, 0.4) is 0 Å². The van der Waals surface area contributed by atoms with Crippen LogP contribution in [-0.4, -0.2) is 40.2 Å². The minimum absolute atomic E-state index is 0.0661. The summed E-state index contributed by atoms with van der Waals surface area (Å²) in [4.78, 5) is 13.4. The number of hydrogen-bond acceptors (Lipinski definition) is 3. The molecule has 0 aliphatic carbocycles. The molecule has 0 aliphatic rings. The van der Waals surface area contributed by atoms with Crippen molar-refractivity contribution in [2.45, 2.75) is 25.9 Å². The van der Waals surface area contributed by atoms with Gasteiger partial charge in [-0.3, -0.25) is 14.8 Å². The van der Waals surface area contributed by atoms with Crippen molar-refractivity contribution in [3.05, 3.63) is 18.0 Å². The summed E-state index contributed by atoms with van der Waals surface area (Å²) in [7, 11) is 5.39. The molecule has 0 unspecified atom stereocenters. The van der Waals surface area contributed by atoms with Gasteiger partial charge in [0.25, 0.3) is 0 Å². The molecule has 1 amide bonds. The van der Waals surface area contributed by atoms with Crippen LogP contribution in [0.5, 0.6) is 0 Å². The number of carbonyl (C=O) groups is 1. The van der Waals surface area contributed by atoms with E-state index < -0.39 is 5.54 Å². The molecule has 1 heterocycles. The maximum Gasteiger partial charge on any atom is 0.241 e. The van der Waals surface area contributed by atoms with Crippen LogP contribution in [0, 0.1) is 0 Å². The van der Waals surface area contributed by atoms with Crippen molar-refractivity contribution < 1.29 is 4.79 Å². The molecular weight excluding hydrogens is 204 g/mol. The highest BCUT2D eigenvalue weighted by Gasteiger charge is 2.28. The van der Waals surface area contributed by atoms with Gasteiger partial charge in [0.1, 0.15) is 0 Å². The molecule has 0 aromatic carbocycles. The third kappa shape index (κ3) is 3.06. The van der Waals surface area contributed by atoms with Crippen LogP contribution in [0.15, 0.2) is 12.4 Å². The maximum absolute atomic E-state index is 11.8. The zero-order valence-electron chi connectivity index (χ0n) is 10.6. The Labute approximate surface area is 96.4 Å². The van der Waals surface area contributed by atoms with Crippen LogP contribution < -0.4 is 5.32 Å². The summed E-state index contributed by atoms with van der Waals surface area (Å²) >= 11 is 0. The molecule has 0 atom stereocenters. The van der Waals surface area contributed by atoms with Crippen molar-refractivity contribution in [1.29, 1.82) is 0 Å². The summed E-state index contributed by atoms with van der Waals surface area (Å²) in [6.45, 7) is 4.40. The summed E-state index contributed by atoms with van der Waals surface area (Å²) in [6, 6.07) is 0. The molecule has 1 aromatic heterocycles. The Hall–Kier alpha value is -1.36. The monoisotopic (exact) mass is 224 g/mol. The predicted molar refractivity (Wildman–Crippen MR) is 62.8 cm³/mol. The fourth-order valence-corrected chi connectivity index (χ4v) is 1.52. The number of likely N-dealkylation sites (N-methyl/N-ethyl adjacent to an activating group) is 1. The van der Waals surface area contributed by atoms with E-state index in [9.17, 15) is 4.79 Å². The molecule has 0 saturated carbocycles. The summed E-state index contributed by atoms with van der Waals surface area (Å²) in [5, 5.41) is 7.30. The fraction of sp³-hybridized carbons (Fsp3) is 0.636. The van der Waals surface area contributed by atoms with Crippen LogP contribution in [0.2, 0.25) is 0 Å². The van der Waals surface area contributed by atoms with Crippen molar-refractivity contribution in [3.63, 3.8) is 0 Å². The number of rotatable bonds is 4. The van der Waals surface area contributed by atoms with E-state index in [4.69, 9.17) is 0 Å². The van der Waals surface area contributed by atoms with Crippen LogP contribution >= 0.6 is 0 Å². The molecule has 5 nitrogen and oxygen atoms in total. The molecule has 1 rings (SSSR count). The first-order chi connectivity index (χ1) is 7.33. The van der Waals surface area contributed by atoms with Gasteiger partial charge in [-0.25, -0.2) is 0 Å². The van der Waals surface area contributed by atoms with Gasteiger partial charge in [-0.05, 0) is 13.8 Å². The Morgan fingerprint density at radius 2 is 2.19 bits per heavy atom. The van der Waals surface area contributed by atoms with Crippen LogP contribution in [0.4, 0.5) is 0 Å². The molecule has 90 valence electrons. The van der Waals surface area contributed by atoms with Gasteiger partial charge in [0, 0.05) is 39.4 Å². The van der Waals surface area contributed by atoms with E-state index in [0.29, 0.717) is 6.54 Å². The van der Waals surface area contributed by atoms with Gasteiger partial charge < -0.3 is 4.90 Å². The Morgan fingerprint density at radius 3 is 2.62 bits per heavy atom. The highest BCUT2D eigenvalue weighted by atomic mass is 16.2. The lowest BCUT2D eigenvalue weighted by Crippen LogP contribution is -2.51. The van der Waals surface area contributed by atoms with Crippen molar-refractivity contribution in [2.75, 3.05) is 14.1 Å². The molecule has 0 fully saturated rings. The average molecular weight is 224 g/mol. The van der Waals surface area contributed by atoms with Crippen LogP contribution in [-0.2, 0) is 18.4 Å². The summed E-state index contributed by atoms with van der Waals surface area (Å²) in [5.74, 6) is 0.0661. The van der Waals surface area contributed by atoms with Gasteiger partial charge in [0.05, 0.1) is 11.7 Å². The lowest BCUT2D eigenvalue weighted by atomic mass is 10.0. The number of aryl methyl sites for hydroxylation is 1. The van der Waals surface area contributed by atoms with E-state index in [1.165, 1.54) is 0 Å². The van der Waals surface area contributed by atoms with Crippen molar-refractivity contribution in [3.8, 4) is 0 Å². The normalized spacial score (nSPS) is 11.6. The average Bonchev–Trinajstić information content (AvgIpc) is 2.60. The van der Waals surface area contributed by atoms with Crippen molar-refractivity contribution in [2.24, 2.45) is 7.05 Å². The number of aromatic nitrogens is 2. The van der Waals surface area contributed by atoms with Gasteiger partial charge in [-0.2, -0.15) is 5.10 Å². The van der Waals surface area contributed by atoms with Gasteiger partial charge in [-0.1, -0.05) is 0 Å². The Balaban J connectivity index is 2.57. The standard InChI is InChI=1S/C11H20N4O/c1-11(2,10(16)14(3)4)12-6-9-7-13-15(5)8-9/h7-8,12H,6H2,1-5H3. The Bertz CT molecular complexity index is 368. The third-order valence-electron chi connectivity index (χ3n) is 2.43. The molecule has 1 N–H and O–H groups in total. The zero-order valence-corrected chi connectivity index (χ0v) is 10.6. The number of nitrogens with zero attached hydrogens (tertiary/aromatic N) is 3. The number of amides is 1. The third-order valence-corrected chi connectivity index (χ3v) is 2.43. The van der Waals surface area contributed by atoms with E-state index in [-0.39, 0.29) is 5.91 Å². The molecule has 0 bridgehead atoms. The lowest BCUT2D eigenvalue weighted by Gasteiger charge is -2.28. The molecule has 1 aromatic rings. The van der Waals surface area contributed by atoms with E-state index >= 15 is 0 Å². The Morgan fingerprint density at radius 1 is 1.56 bits per heavy atom. The topological polar surface area (TPSA) is 50.2 Å². The molecule has 5 heteroatoms. The van der Waals surface area contributed by atoms with Gasteiger partial charge in [0.15, 0.2) is 0 Å². The first-order valence-electron chi connectivity index (χ1n) is 5.27. The second kappa shape index (κ2) is 4.65. The zero-order chi connectivity index (χ0) is 12.3. The van der Waals surface area contributed by atoms with Crippen LogP contribution in [0.25, 0.3) is 0 Å². The fourth-order valence-electron chi connectivity index (χ4n) is 1.52. The maximum atomic E-state index is 11.8. The number of nitrogens with one attached hydrogen (secondary N) is 1. The minimum Gasteiger partial charge on any atom is -0.347 e. The van der Waals surface area contributed by atoms with Crippen LogP contribution in [0.1, 0.15) is 19.4 Å². The number of carbonyl (C=O) groups excluding carboxylic acids is 1. The van der Waals surface area contributed by atoms with Gasteiger partial charge >= 0.3 is 0 Å². The molecule has 0 spiro atoms. The predicted octanol–water partition coefficient (Wildman–Crippen LogP) is 0.376. The molecule has 16 heavy (non-hydrogen) atoms. The van der Waals surface area contributed by atoms with E-state index in [0.717, 1.165) is 5.56 Å². The highest BCUT2D eigenvalue weighted by molar-refractivity contribution is 5.85. The first-order valence-corrected chi connectivity index (χ1v) is 5.27. The minimum atomic E-state index is -0.556. The summed E-state index contributed by atoms with van der Waals surface area (Å²) < 4.78 is 1.75. The second-order valence-electron chi connectivity index (χ2n) is 4.70. The molecule has 0 saturated heterocycles. The second-order valence-corrected chi connectivity index (χ2v) is 4.70. The SMILES string of the molecule is CN(C)C(=O)C(C)(C)NCc1cnn(C)c1. The Kier molecular flexibility index (Phi) is 3.70. The van der Waals surface area contributed by atoms with Crippen molar-refractivity contribution >= 4 is 5.91 Å². The van der Waals surface area contributed by atoms with E-state index in [1.807, 2.05) is 27.1 Å². The largest absolute Gasteiger partial charge is 0.347 e. The first kappa shape index (κ1) is 12.7. The summed E-state index contributed by atoms with van der Waals surface area (Å²) in [6.07, 6.45) is 3.73. The molecular formula is C11H20N4O. The number of hydrogen-bond donors (Lipinski definition) is 1. The summed E-state index contributed by atoms with van der Waals surface area (Å²) in [5.41, 5.74) is 0.515. The van der Waals surface area contributed by atoms with Crippen molar-refractivity contribution in [1.82, 2.24) is 20.0 Å². The molecule has 0 aliphatic heterocycles. The van der Waals surface area contributed by atoms with Gasteiger partial charge in [0.2, 0.25) is 5.91 Å². The van der Waals surface area contributed by atoms with E-state index in [1.54, 1.807) is 29.9 Å².